The van der Waals surface area contributed by atoms with E-state index in [2.05, 4.69) is 26.3 Å². The van der Waals surface area contributed by atoms with Crippen LogP contribution in [0.1, 0.15) is 55.1 Å². The summed E-state index contributed by atoms with van der Waals surface area (Å²) in [4.78, 5) is 24.1. The van der Waals surface area contributed by atoms with Crippen LogP contribution in [-0.2, 0) is 11.3 Å². The van der Waals surface area contributed by atoms with Crippen LogP contribution in [0.2, 0.25) is 0 Å². The summed E-state index contributed by atoms with van der Waals surface area (Å²) < 4.78 is 0. The zero-order valence-electron chi connectivity index (χ0n) is 15.7. The number of aromatic nitrogens is 2. The van der Waals surface area contributed by atoms with Crippen molar-refractivity contribution in [1.82, 2.24) is 20.2 Å². The number of thiazole rings is 1. The molecule has 4 rings (SSSR count). The maximum absolute atomic E-state index is 12.8. The smallest absolute Gasteiger partial charge is 0.223 e. The molecule has 144 valence electrons. The molecule has 2 aromatic heterocycles. The zero-order chi connectivity index (χ0) is 18.5. The summed E-state index contributed by atoms with van der Waals surface area (Å²) in [6, 6.07) is 4.17. The van der Waals surface area contributed by atoms with E-state index in [4.69, 9.17) is 0 Å². The lowest BCUT2D eigenvalue weighted by Gasteiger charge is -2.37. The van der Waals surface area contributed by atoms with Gasteiger partial charge in [0, 0.05) is 43.0 Å². The lowest BCUT2D eigenvalue weighted by molar-refractivity contribution is -0.126. The fourth-order valence-corrected chi connectivity index (χ4v) is 5.27. The summed E-state index contributed by atoms with van der Waals surface area (Å²) >= 11 is 1.66. The maximum Gasteiger partial charge on any atom is 0.223 e. The standard InChI is InChI=1S/C21H28N4OS/c26-20(17-6-1-2-7-17)24-19(21-23-10-12-27-21)18-8-4-11-25(15-18)14-16-5-3-9-22-13-16/h3,5,9-10,12-13,17-19H,1-2,4,6-8,11,14-15H2,(H,24,26)/t18-,19+/m1/s1. The molecule has 2 atom stereocenters. The van der Waals surface area contributed by atoms with Gasteiger partial charge in [-0.05, 0) is 49.8 Å². The first kappa shape index (κ1) is 18.6. The van der Waals surface area contributed by atoms with Gasteiger partial charge in [-0.15, -0.1) is 11.3 Å². The average Bonchev–Trinajstić information content (AvgIpc) is 3.41. The highest BCUT2D eigenvalue weighted by Gasteiger charge is 2.33. The van der Waals surface area contributed by atoms with Crippen molar-refractivity contribution >= 4 is 17.2 Å². The number of hydrogen-bond acceptors (Lipinski definition) is 5. The predicted molar refractivity (Wildman–Crippen MR) is 107 cm³/mol. The van der Waals surface area contributed by atoms with Crippen molar-refractivity contribution in [3.63, 3.8) is 0 Å². The highest BCUT2D eigenvalue weighted by molar-refractivity contribution is 7.09. The third-order valence-electron chi connectivity index (χ3n) is 5.88. The second kappa shape index (κ2) is 8.93. The summed E-state index contributed by atoms with van der Waals surface area (Å²) in [5, 5.41) is 6.45. The number of carbonyl (C=O) groups excluding carboxylic acids is 1. The van der Waals surface area contributed by atoms with E-state index in [-0.39, 0.29) is 17.9 Å². The molecule has 3 heterocycles. The summed E-state index contributed by atoms with van der Waals surface area (Å²) in [5.41, 5.74) is 1.25. The van der Waals surface area contributed by atoms with Gasteiger partial charge in [-0.1, -0.05) is 18.9 Å². The first-order chi connectivity index (χ1) is 13.3. The van der Waals surface area contributed by atoms with E-state index in [1.54, 1.807) is 11.3 Å². The molecule has 2 fully saturated rings. The molecular formula is C21H28N4OS. The van der Waals surface area contributed by atoms with Gasteiger partial charge < -0.3 is 5.32 Å². The maximum atomic E-state index is 12.8. The van der Waals surface area contributed by atoms with Crippen molar-refractivity contribution in [1.29, 1.82) is 0 Å². The van der Waals surface area contributed by atoms with Crippen molar-refractivity contribution in [2.75, 3.05) is 13.1 Å². The number of likely N-dealkylation sites (tertiary alicyclic amines) is 1. The minimum atomic E-state index is 0.0369. The quantitative estimate of drug-likeness (QED) is 0.823. The predicted octanol–water partition coefficient (Wildman–Crippen LogP) is 3.80. The van der Waals surface area contributed by atoms with Crippen molar-refractivity contribution in [3.05, 3.63) is 46.7 Å². The van der Waals surface area contributed by atoms with E-state index in [0.29, 0.717) is 5.92 Å². The molecule has 1 aliphatic heterocycles. The number of pyridine rings is 1. The SMILES string of the molecule is O=C(N[C@H](c1nccs1)[C@@H]1CCCN(Cc2cccnc2)C1)C1CCCC1. The minimum Gasteiger partial charge on any atom is -0.346 e. The summed E-state index contributed by atoms with van der Waals surface area (Å²) in [7, 11) is 0. The van der Waals surface area contributed by atoms with Crippen LogP contribution in [0.3, 0.4) is 0 Å². The Balaban J connectivity index is 1.45. The molecule has 0 spiro atoms. The Labute approximate surface area is 165 Å². The number of carbonyl (C=O) groups is 1. The fraction of sp³-hybridized carbons (Fsp3) is 0.571. The molecule has 6 heteroatoms. The highest BCUT2D eigenvalue weighted by atomic mass is 32.1. The molecule has 2 aromatic rings. The van der Waals surface area contributed by atoms with Gasteiger partial charge in [-0.3, -0.25) is 14.7 Å². The van der Waals surface area contributed by atoms with E-state index in [1.165, 1.54) is 18.4 Å². The molecule has 0 bridgehead atoms. The minimum absolute atomic E-state index is 0.0369. The molecular weight excluding hydrogens is 356 g/mol. The number of amides is 1. The van der Waals surface area contributed by atoms with Crippen LogP contribution in [0.15, 0.2) is 36.1 Å². The van der Waals surface area contributed by atoms with Crippen LogP contribution in [0.25, 0.3) is 0 Å². The fourth-order valence-electron chi connectivity index (χ4n) is 4.49. The van der Waals surface area contributed by atoms with E-state index in [1.807, 2.05) is 30.0 Å². The molecule has 1 amide bonds. The summed E-state index contributed by atoms with van der Waals surface area (Å²) in [6.45, 7) is 3.02. The Kier molecular flexibility index (Phi) is 6.14. The van der Waals surface area contributed by atoms with Gasteiger partial charge >= 0.3 is 0 Å². The zero-order valence-corrected chi connectivity index (χ0v) is 16.5. The van der Waals surface area contributed by atoms with Gasteiger partial charge in [-0.25, -0.2) is 4.98 Å². The van der Waals surface area contributed by atoms with Crippen LogP contribution >= 0.6 is 11.3 Å². The summed E-state index contributed by atoms with van der Waals surface area (Å²) in [5.74, 6) is 0.839. The van der Waals surface area contributed by atoms with Crippen LogP contribution in [-0.4, -0.2) is 33.9 Å². The Morgan fingerprint density at radius 1 is 1.26 bits per heavy atom. The van der Waals surface area contributed by atoms with Gasteiger partial charge in [0.1, 0.15) is 5.01 Å². The third-order valence-corrected chi connectivity index (χ3v) is 6.74. The number of piperidine rings is 1. The molecule has 0 aromatic carbocycles. The van der Waals surface area contributed by atoms with Crippen LogP contribution < -0.4 is 5.32 Å². The van der Waals surface area contributed by atoms with Gasteiger partial charge in [0.2, 0.25) is 5.91 Å². The number of rotatable bonds is 6. The third kappa shape index (κ3) is 4.74. The van der Waals surface area contributed by atoms with E-state index in [9.17, 15) is 4.79 Å². The van der Waals surface area contributed by atoms with Gasteiger partial charge in [0.05, 0.1) is 6.04 Å². The van der Waals surface area contributed by atoms with E-state index < -0.39 is 0 Å². The molecule has 0 radical (unpaired) electrons. The van der Waals surface area contributed by atoms with Crippen LogP contribution in [0.4, 0.5) is 0 Å². The molecule has 0 unspecified atom stereocenters. The first-order valence-electron chi connectivity index (χ1n) is 10.1. The molecule has 1 saturated heterocycles. The Bertz CT molecular complexity index is 715. The normalized spacial score (nSPS) is 22.6. The van der Waals surface area contributed by atoms with Crippen molar-refractivity contribution in [3.8, 4) is 0 Å². The molecule has 27 heavy (non-hydrogen) atoms. The Hall–Kier alpha value is -1.79. The molecule has 1 saturated carbocycles. The molecule has 5 nitrogen and oxygen atoms in total. The monoisotopic (exact) mass is 384 g/mol. The van der Waals surface area contributed by atoms with Gasteiger partial charge in [0.15, 0.2) is 0 Å². The lowest BCUT2D eigenvalue weighted by Crippen LogP contribution is -2.43. The van der Waals surface area contributed by atoms with Crippen molar-refractivity contribution in [2.45, 2.75) is 51.1 Å². The summed E-state index contributed by atoms with van der Waals surface area (Å²) in [6.07, 6.45) is 12.4. The largest absolute Gasteiger partial charge is 0.346 e. The number of nitrogens with zero attached hydrogens (tertiary/aromatic N) is 3. The van der Waals surface area contributed by atoms with Crippen molar-refractivity contribution in [2.24, 2.45) is 11.8 Å². The second-order valence-electron chi connectivity index (χ2n) is 7.84. The highest BCUT2D eigenvalue weighted by Crippen LogP contribution is 2.33. The topological polar surface area (TPSA) is 58.1 Å². The average molecular weight is 385 g/mol. The van der Waals surface area contributed by atoms with Crippen LogP contribution in [0.5, 0.6) is 0 Å². The van der Waals surface area contributed by atoms with Crippen LogP contribution in [0, 0.1) is 11.8 Å². The first-order valence-corrected chi connectivity index (χ1v) is 11.0. The van der Waals surface area contributed by atoms with E-state index in [0.717, 1.165) is 50.3 Å². The molecule has 1 N–H and O–H groups in total. The number of nitrogens with one attached hydrogen (secondary N) is 1. The second-order valence-corrected chi connectivity index (χ2v) is 8.76. The van der Waals surface area contributed by atoms with Gasteiger partial charge in [0.25, 0.3) is 0 Å². The van der Waals surface area contributed by atoms with E-state index >= 15 is 0 Å². The Morgan fingerprint density at radius 2 is 2.15 bits per heavy atom. The van der Waals surface area contributed by atoms with Gasteiger partial charge in [-0.2, -0.15) is 0 Å². The molecule has 2 aliphatic rings. The van der Waals surface area contributed by atoms with Crippen molar-refractivity contribution < 1.29 is 4.79 Å². The lowest BCUT2D eigenvalue weighted by atomic mass is 9.90. The molecule has 1 aliphatic carbocycles. The number of hydrogen-bond donors (Lipinski definition) is 1. The Morgan fingerprint density at radius 3 is 2.89 bits per heavy atom.